The van der Waals surface area contributed by atoms with Crippen molar-refractivity contribution in [3.8, 4) is 0 Å². The third-order valence-electron chi connectivity index (χ3n) is 5.37. The summed E-state index contributed by atoms with van der Waals surface area (Å²) in [4.78, 5) is 14.3. The molecule has 1 heterocycles. The molecule has 0 saturated carbocycles. The largest absolute Gasteiger partial charge is 2.00 e. The minimum atomic E-state index is 0. The molecule has 3 rings (SSSR count). The molecule has 1 radical (unpaired) electrons. The van der Waals surface area contributed by atoms with Gasteiger partial charge >= 0.3 is 16.8 Å². The Hall–Kier alpha value is -1.98. The predicted octanol–water partition coefficient (Wildman–Crippen LogP) is 0.838. The maximum atomic E-state index is 4.80. The molecule has 0 bridgehead atoms. The topological polar surface area (TPSA) is 37.6 Å². The van der Waals surface area contributed by atoms with E-state index < -0.39 is 0 Å². The second kappa shape index (κ2) is 15.8. The zero-order chi connectivity index (χ0) is 21.3. The van der Waals surface area contributed by atoms with Crippen molar-refractivity contribution in [1.29, 1.82) is 0 Å². The Labute approximate surface area is 221 Å². The minimum Gasteiger partial charge on any atom is -1.00 e. The van der Waals surface area contributed by atoms with Gasteiger partial charge in [0.2, 0.25) is 0 Å². The number of aliphatic imine (C=N–C) groups is 2. The summed E-state index contributed by atoms with van der Waals surface area (Å²) >= 11 is 0. The number of benzene rings is 2. The Kier molecular flexibility index (Phi) is 14.8. The zero-order valence-electron chi connectivity index (χ0n) is 19.6. The molecule has 0 spiro atoms. The molecule has 0 aliphatic heterocycles. The molecule has 1 aromatic heterocycles. The fourth-order valence-electron chi connectivity index (χ4n) is 3.64. The van der Waals surface area contributed by atoms with Crippen molar-refractivity contribution in [2.24, 2.45) is 9.98 Å². The fourth-order valence-corrected chi connectivity index (χ4v) is 3.64. The van der Waals surface area contributed by atoms with Crippen molar-refractivity contribution in [1.82, 2.24) is 4.98 Å². The SMILES string of the molecule is CCc1cccc(CC)c1N=Cc1cccc(C=Nc2c(CC)cccc2CC)n1.[Cl-].[Cl-].[Co+2]. The molecule has 0 N–H and O–H groups in total. The van der Waals surface area contributed by atoms with Gasteiger partial charge < -0.3 is 24.8 Å². The van der Waals surface area contributed by atoms with Crippen molar-refractivity contribution >= 4 is 23.8 Å². The first-order valence-corrected chi connectivity index (χ1v) is 11.0. The van der Waals surface area contributed by atoms with Crippen LogP contribution in [0.4, 0.5) is 11.4 Å². The Morgan fingerprint density at radius 2 is 0.879 bits per heavy atom. The predicted molar refractivity (Wildman–Crippen MR) is 129 cm³/mol. The molecule has 0 amide bonds. The van der Waals surface area contributed by atoms with Crippen molar-refractivity contribution in [3.05, 3.63) is 88.2 Å². The second-order valence-electron chi connectivity index (χ2n) is 7.27. The van der Waals surface area contributed by atoms with Crippen LogP contribution in [0.3, 0.4) is 0 Å². The smallest absolute Gasteiger partial charge is 1.00 e. The molecule has 0 unspecified atom stereocenters. The van der Waals surface area contributed by atoms with Gasteiger partial charge in [0.1, 0.15) is 0 Å². The molecular weight excluding hydrogens is 496 g/mol. The van der Waals surface area contributed by atoms with Crippen molar-refractivity contribution in [2.45, 2.75) is 53.4 Å². The molecular formula is C27H31Cl2CoN3. The summed E-state index contributed by atoms with van der Waals surface area (Å²) in [6.07, 6.45) is 7.61. The number of pyridine rings is 1. The quantitative estimate of drug-likeness (QED) is 0.401. The third-order valence-corrected chi connectivity index (χ3v) is 5.37. The Bertz CT molecular complexity index is 940. The summed E-state index contributed by atoms with van der Waals surface area (Å²) in [6, 6.07) is 18.8. The molecule has 0 atom stereocenters. The van der Waals surface area contributed by atoms with Crippen LogP contribution in [0, 0.1) is 0 Å². The fraction of sp³-hybridized carbons (Fsp3) is 0.296. The van der Waals surface area contributed by atoms with Crippen LogP contribution in [0.25, 0.3) is 0 Å². The molecule has 3 aromatic rings. The first-order valence-electron chi connectivity index (χ1n) is 11.0. The van der Waals surface area contributed by atoms with E-state index in [0.717, 1.165) is 48.4 Å². The van der Waals surface area contributed by atoms with Gasteiger partial charge in [-0.25, -0.2) is 4.98 Å². The van der Waals surface area contributed by atoms with Gasteiger partial charge in [0.05, 0.1) is 35.2 Å². The first-order chi connectivity index (χ1) is 14.7. The van der Waals surface area contributed by atoms with Crippen LogP contribution in [0.15, 0.2) is 64.6 Å². The Balaban J connectivity index is 0.00000341. The molecule has 0 fully saturated rings. The number of nitrogens with zero attached hydrogens (tertiary/aromatic N) is 3. The standard InChI is InChI=1S/C27H31N3.2ClH.Co/c1-5-20-12-9-13-21(6-2)26(20)28-18-24-16-11-17-25(30-24)19-29-27-22(7-3)14-10-15-23(27)8-4;;;/h9-19H,5-8H2,1-4H3;2*1H;/q;;;+2/p-2. The van der Waals surface area contributed by atoms with Crippen LogP contribution in [0.5, 0.6) is 0 Å². The maximum absolute atomic E-state index is 4.80. The number of aryl methyl sites for hydroxylation is 4. The number of halogens is 2. The number of hydrogen-bond donors (Lipinski definition) is 0. The van der Waals surface area contributed by atoms with Gasteiger partial charge in [-0.2, -0.15) is 0 Å². The summed E-state index contributed by atoms with van der Waals surface area (Å²) < 4.78 is 0. The van der Waals surface area contributed by atoms with E-state index in [2.05, 4.69) is 64.1 Å². The van der Waals surface area contributed by atoms with Gasteiger partial charge in [-0.3, -0.25) is 9.98 Å². The van der Waals surface area contributed by atoms with E-state index in [1.54, 1.807) is 0 Å². The van der Waals surface area contributed by atoms with Crippen LogP contribution in [-0.2, 0) is 42.5 Å². The summed E-state index contributed by atoms with van der Waals surface area (Å²) in [6.45, 7) is 8.67. The van der Waals surface area contributed by atoms with E-state index >= 15 is 0 Å². The Morgan fingerprint density at radius 1 is 0.576 bits per heavy atom. The average Bonchev–Trinajstić information content (AvgIpc) is 2.80. The second-order valence-corrected chi connectivity index (χ2v) is 7.27. The molecule has 177 valence electrons. The summed E-state index contributed by atoms with van der Waals surface area (Å²) in [5, 5.41) is 0. The van der Waals surface area contributed by atoms with Gasteiger partial charge in [0.25, 0.3) is 0 Å². The monoisotopic (exact) mass is 526 g/mol. The van der Waals surface area contributed by atoms with Crippen molar-refractivity contribution in [2.75, 3.05) is 0 Å². The van der Waals surface area contributed by atoms with Crippen LogP contribution in [0.1, 0.15) is 61.3 Å². The van der Waals surface area contributed by atoms with Gasteiger partial charge in [-0.05, 0) is 60.1 Å². The van der Waals surface area contributed by atoms with Gasteiger partial charge in [0, 0.05) is 0 Å². The molecule has 3 nitrogen and oxygen atoms in total. The zero-order valence-corrected chi connectivity index (χ0v) is 22.2. The van der Waals surface area contributed by atoms with Crippen molar-refractivity contribution < 1.29 is 41.6 Å². The summed E-state index contributed by atoms with van der Waals surface area (Å²) in [7, 11) is 0. The van der Waals surface area contributed by atoms with Gasteiger partial charge in [-0.1, -0.05) is 70.2 Å². The van der Waals surface area contributed by atoms with Crippen LogP contribution in [0.2, 0.25) is 0 Å². The van der Waals surface area contributed by atoms with Gasteiger partial charge in [-0.15, -0.1) is 0 Å². The summed E-state index contributed by atoms with van der Waals surface area (Å²) in [5.41, 5.74) is 8.91. The van der Waals surface area contributed by atoms with Crippen LogP contribution < -0.4 is 24.8 Å². The normalized spacial score (nSPS) is 10.5. The summed E-state index contributed by atoms with van der Waals surface area (Å²) in [5.74, 6) is 0. The molecule has 33 heavy (non-hydrogen) atoms. The van der Waals surface area contributed by atoms with Gasteiger partial charge in [0.15, 0.2) is 0 Å². The molecule has 0 aliphatic carbocycles. The Morgan fingerprint density at radius 3 is 1.18 bits per heavy atom. The number of rotatable bonds is 8. The van der Waals surface area contributed by atoms with E-state index in [-0.39, 0.29) is 41.6 Å². The third kappa shape index (κ3) is 8.07. The first kappa shape index (κ1) is 31.0. The molecule has 6 heteroatoms. The van der Waals surface area contributed by atoms with E-state index in [1.165, 1.54) is 22.3 Å². The van der Waals surface area contributed by atoms with E-state index in [0.29, 0.717) is 0 Å². The minimum absolute atomic E-state index is 0. The number of para-hydroxylation sites is 2. The van der Waals surface area contributed by atoms with E-state index in [4.69, 9.17) is 15.0 Å². The van der Waals surface area contributed by atoms with Crippen LogP contribution in [-0.4, -0.2) is 17.4 Å². The molecule has 0 aliphatic rings. The average molecular weight is 527 g/mol. The van der Waals surface area contributed by atoms with E-state index in [9.17, 15) is 0 Å². The van der Waals surface area contributed by atoms with E-state index in [1.807, 2.05) is 30.6 Å². The van der Waals surface area contributed by atoms with Crippen LogP contribution >= 0.6 is 0 Å². The van der Waals surface area contributed by atoms with Crippen molar-refractivity contribution in [3.63, 3.8) is 0 Å². The number of hydrogen-bond acceptors (Lipinski definition) is 3. The molecule has 2 aromatic carbocycles. The maximum Gasteiger partial charge on any atom is 2.00 e. The number of aromatic nitrogens is 1. The molecule has 0 saturated heterocycles.